The molecule has 0 radical (unpaired) electrons. The lowest BCUT2D eigenvalue weighted by Crippen LogP contribution is -2.09. The molecule has 26 heavy (non-hydrogen) atoms. The molecule has 0 atom stereocenters. The van der Waals surface area contributed by atoms with E-state index in [4.69, 9.17) is 11.6 Å². The van der Waals surface area contributed by atoms with Crippen LogP contribution < -0.4 is 0 Å². The predicted molar refractivity (Wildman–Crippen MR) is 105 cm³/mol. The summed E-state index contributed by atoms with van der Waals surface area (Å²) in [7, 11) is -3.36. The molecule has 0 unspecified atom stereocenters. The molecule has 2 aromatic carbocycles. The zero-order chi connectivity index (χ0) is 18.7. The number of halogens is 1. The molecule has 1 heterocycles. The molecule has 0 bridgehead atoms. The van der Waals surface area contributed by atoms with Crippen LogP contribution in [0, 0.1) is 13.8 Å². The number of aryl methyl sites for hydroxylation is 2. The molecule has 0 fully saturated rings. The minimum atomic E-state index is -3.36. The third kappa shape index (κ3) is 4.28. The fraction of sp³-hybridized carbons (Fsp3) is 0.222. The maximum absolute atomic E-state index is 12.4. The van der Waals surface area contributed by atoms with Crippen LogP contribution in [-0.2, 0) is 9.84 Å². The summed E-state index contributed by atoms with van der Waals surface area (Å²) in [5, 5.41) is 9.50. The summed E-state index contributed by atoms with van der Waals surface area (Å²) in [6.07, 6.45) is 0. The Morgan fingerprint density at radius 1 is 1.00 bits per heavy atom. The standard InChI is InChI=1S/C18H18ClN3O2S2/c1-13-3-7-16(8-4-13)22-14(2)20-21-18(22)25-11-12-26(23,24)17-9-5-15(19)6-10-17/h3-10H,11-12H2,1-2H3. The first-order valence-corrected chi connectivity index (χ1v) is 11.0. The average molecular weight is 408 g/mol. The Bertz CT molecular complexity index is 998. The number of aromatic nitrogens is 3. The fourth-order valence-electron chi connectivity index (χ4n) is 2.43. The Morgan fingerprint density at radius 3 is 2.31 bits per heavy atom. The lowest BCUT2D eigenvalue weighted by molar-refractivity contribution is 0.597. The molecule has 3 aromatic rings. The first-order chi connectivity index (χ1) is 12.4. The van der Waals surface area contributed by atoms with Crippen molar-refractivity contribution in [2.75, 3.05) is 11.5 Å². The normalized spacial score (nSPS) is 11.7. The molecule has 0 aliphatic rings. The van der Waals surface area contributed by atoms with Gasteiger partial charge in [0.15, 0.2) is 15.0 Å². The minimum absolute atomic E-state index is 0.0130. The van der Waals surface area contributed by atoms with Crippen LogP contribution in [0.5, 0.6) is 0 Å². The van der Waals surface area contributed by atoms with Crippen LogP contribution in [0.25, 0.3) is 5.69 Å². The van der Waals surface area contributed by atoms with E-state index in [0.717, 1.165) is 11.5 Å². The highest BCUT2D eigenvalue weighted by atomic mass is 35.5. The van der Waals surface area contributed by atoms with Crippen LogP contribution in [0.2, 0.25) is 5.02 Å². The van der Waals surface area contributed by atoms with Gasteiger partial charge in [0.05, 0.1) is 10.6 Å². The van der Waals surface area contributed by atoms with Crippen LogP contribution in [0.3, 0.4) is 0 Å². The van der Waals surface area contributed by atoms with Crippen molar-refractivity contribution in [3.63, 3.8) is 0 Å². The van der Waals surface area contributed by atoms with Gasteiger partial charge in [-0.1, -0.05) is 41.1 Å². The zero-order valence-electron chi connectivity index (χ0n) is 14.4. The second-order valence-corrected chi connectivity index (χ2v) is 9.43. The van der Waals surface area contributed by atoms with Crippen molar-refractivity contribution in [2.45, 2.75) is 23.9 Å². The van der Waals surface area contributed by atoms with Gasteiger partial charge in [-0.05, 0) is 50.2 Å². The van der Waals surface area contributed by atoms with Gasteiger partial charge in [0.2, 0.25) is 0 Å². The first kappa shape index (κ1) is 18.9. The summed E-state index contributed by atoms with van der Waals surface area (Å²) in [5.41, 5.74) is 2.13. The summed E-state index contributed by atoms with van der Waals surface area (Å²) in [5.74, 6) is 1.16. The molecule has 0 aliphatic heterocycles. The van der Waals surface area contributed by atoms with Crippen LogP contribution in [0.1, 0.15) is 11.4 Å². The third-order valence-corrected chi connectivity index (χ3v) is 7.02. The molecule has 0 saturated carbocycles. The van der Waals surface area contributed by atoms with Gasteiger partial charge in [-0.25, -0.2) is 8.42 Å². The van der Waals surface area contributed by atoms with E-state index < -0.39 is 9.84 Å². The average Bonchev–Trinajstić information content (AvgIpc) is 2.97. The van der Waals surface area contributed by atoms with Gasteiger partial charge in [0.1, 0.15) is 5.82 Å². The molecule has 0 spiro atoms. The first-order valence-electron chi connectivity index (χ1n) is 7.97. The number of rotatable bonds is 6. The molecular formula is C18H18ClN3O2S2. The summed E-state index contributed by atoms with van der Waals surface area (Å²) in [6, 6.07) is 14.3. The van der Waals surface area contributed by atoms with Crippen molar-refractivity contribution >= 4 is 33.2 Å². The molecular weight excluding hydrogens is 390 g/mol. The van der Waals surface area contributed by atoms with Crippen molar-refractivity contribution in [3.05, 3.63) is 64.9 Å². The molecule has 136 valence electrons. The van der Waals surface area contributed by atoms with E-state index >= 15 is 0 Å². The lowest BCUT2D eigenvalue weighted by Gasteiger charge is -2.09. The maximum Gasteiger partial charge on any atom is 0.195 e. The second kappa shape index (κ2) is 7.82. The number of benzene rings is 2. The number of hydrogen-bond donors (Lipinski definition) is 0. The van der Waals surface area contributed by atoms with Gasteiger partial charge >= 0.3 is 0 Å². The van der Waals surface area contributed by atoms with E-state index in [1.807, 2.05) is 42.7 Å². The van der Waals surface area contributed by atoms with Gasteiger partial charge in [-0.15, -0.1) is 10.2 Å². The van der Waals surface area contributed by atoms with Crippen molar-refractivity contribution in [1.29, 1.82) is 0 Å². The number of sulfone groups is 1. The van der Waals surface area contributed by atoms with Crippen molar-refractivity contribution < 1.29 is 8.42 Å². The number of hydrogen-bond acceptors (Lipinski definition) is 5. The second-order valence-electron chi connectivity index (χ2n) is 5.82. The highest BCUT2D eigenvalue weighted by molar-refractivity contribution is 8.00. The Kier molecular flexibility index (Phi) is 5.70. The Morgan fingerprint density at radius 2 is 1.65 bits per heavy atom. The van der Waals surface area contributed by atoms with E-state index in [9.17, 15) is 8.42 Å². The van der Waals surface area contributed by atoms with Gasteiger partial charge in [-0.3, -0.25) is 4.57 Å². The molecule has 0 saturated heterocycles. The number of thioether (sulfide) groups is 1. The lowest BCUT2D eigenvalue weighted by atomic mass is 10.2. The quantitative estimate of drug-likeness (QED) is 0.575. The molecule has 0 N–H and O–H groups in total. The van der Waals surface area contributed by atoms with Gasteiger partial charge < -0.3 is 0 Å². The third-order valence-electron chi connectivity index (χ3n) is 3.84. The maximum atomic E-state index is 12.4. The Balaban J connectivity index is 1.73. The summed E-state index contributed by atoms with van der Waals surface area (Å²) in [6.45, 7) is 3.90. The van der Waals surface area contributed by atoms with E-state index in [2.05, 4.69) is 10.2 Å². The van der Waals surface area contributed by atoms with E-state index in [1.165, 1.54) is 29.5 Å². The van der Waals surface area contributed by atoms with Crippen LogP contribution in [0.4, 0.5) is 0 Å². The Hall–Kier alpha value is -1.83. The SMILES string of the molecule is Cc1ccc(-n2c(C)nnc2SCCS(=O)(=O)c2ccc(Cl)cc2)cc1. The highest BCUT2D eigenvalue weighted by Gasteiger charge is 2.16. The summed E-state index contributed by atoms with van der Waals surface area (Å²) < 4.78 is 26.8. The minimum Gasteiger partial charge on any atom is -0.274 e. The molecule has 0 aliphatic carbocycles. The van der Waals surface area contributed by atoms with Gasteiger partial charge in [0, 0.05) is 16.5 Å². The number of nitrogens with zero attached hydrogens (tertiary/aromatic N) is 3. The summed E-state index contributed by atoms with van der Waals surface area (Å²) >= 11 is 7.19. The Labute approximate surface area is 162 Å². The highest BCUT2D eigenvalue weighted by Crippen LogP contribution is 2.23. The molecule has 1 aromatic heterocycles. The molecule has 5 nitrogen and oxygen atoms in total. The predicted octanol–water partition coefficient (Wildman–Crippen LogP) is 4.10. The van der Waals surface area contributed by atoms with E-state index in [-0.39, 0.29) is 10.6 Å². The van der Waals surface area contributed by atoms with Crippen LogP contribution in [-0.4, -0.2) is 34.7 Å². The van der Waals surface area contributed by atoms with Gasteiger partial charge in [-0.2, -0.15) is 0 Å². The van der Waals surface area contributed by atoms with E-state index in [1.54, 1.807) is 12.1 Å². The van der Waals surface area contributed by atoms with Crippen molar-refractivity contribution in [1.82, 2.24) is 14.8 Å². The smallest absolute Gasteiger partial charge is 0.195 e. The van der Waals surface area contributed by atoms with Crippen molar-refractivity contribution in [2.24, 2.45) is 0 Å². The van der Waals surface area contributed by atoms with Crippen molar-refractivity contribution in [3.8, 4) is 5.69 Å². The van der Waals surface area contributed by atoms with Crippen LogP contribution in [0.15, 0.2) is 58.6 Å². The molecule has 3 rings (SSSR count). The zero-order valence-corrected chi connectivity index (χ0v) is 16.8. The largest absolute Gasteiger partial charge is 0.274 e. The monoisotopic (exact) mass is 407 g/mol. The topological polar surface area (TPSA) is 64.8 Å². The summed E-state index contributed by atoms with van der Waals surface area (Å²) in [4.78, 5) is 0.277. The molecule has 0 amide bonds. The van der Waals surface area contributed by atoms with E-state index in [0.29, 0.717) is 15.9 Å². The molecule has 8 heteroatoms. The van der Waals surface area contributed by atoms with Crippen LogP contribution >= 0.6 is 23.4 Å². The van der Waals surface area contributed by atoms with Gasteiger partial charge in [0.25, 0.3) is 0 Å². The fourth-order valence-corrected chi connectivity index (χ4v) is 5.20.